The van der Waals surface area contributed by atoms with Crippen LogP contribution in [0.15, 0.2) is 60.7 Å². The van der Waals surface area contributed by atoms with E-state index in [2.05, 4.69) is 44.5 Å². The maximum absolute atomic E-state index is 14.6. The number of carbonyl (C=O) groups excluding carboxylic acids is 4. The van der Waals surface area contributed by atoms with Gasteiger partial charge in [0.25, 0.3) is 0 Å². The summed E-state index contributed by atoms with van der Waals surface area (Å²) in [5, 5.41) is 6.21. The normalized spacial score (nSPS) is 16.8. The van der Waals surface area contributed by atoms with Crippen LogP contribution in [0.3, 0.4) is 0 Å². The second-order valence-corrected chi connectivity index (χ2v) is 20.5. The van der Waals surface area contributed by atoms with E-state index < -0.39 is 38.5 Å². The van der Waals surface area contributed by atoms with Gasteiger partial charge in [0.15, 0.2) is 8.32 Å². The topological polar surface area (TPSA) is 114 Å². The Hall–Kier alpha value is -3.50. The van der Waals surface area contributed by atoms with Crippen molar-refractivity contribution >= 4 is 32.0 Å². The van der Waals surface area contributed by atoms with E-state index in [4.69, 9.17) is 9.16 Å². The standard InChI is InChI=1S/C41H63N3O6Si/c1-9-11-26-49-40(48)42-35(28-32-20-16-13-17-21-32)36(50-51(7,8)41(4,5)6)29-33(27-31-18-14-12-15-19-31)38(46)43-37(30(3)10-2)39(47)44-24-22-34(45)23-25-44/h12-21,30,33,35-37H,9-11,22-29H2,1-8H3,(H,42,48)(H,43,46)/t30-,33-,35-,36+,37-/m0/s1. The summed E-state index contributed by atoms with van der Waals surface area (Å²) in [6.07, 6.45) is 3.27. The van der Waals surface area contributed by atoms with Gasteiger partial charge < -0.3 is 24.7 Å². The second kappa shape index (κ2) is 19.9. The molecule has 0 spiro atoms. The van der Waals surface area contributed by atoms with Crippen molar-refractivity contribution in [3.8, 4) is 0 Å². The van der Waals surface area contributed by atoms with E-state index in [1.807, 2.05) is 81.4 Å². The number of amides is 3. The van der Waals surface area contributed by atoms with Crippen LogP contribution in [0, 0.1) is 11.8 Å². The first-order valence-electron chi connectivity index (χ1n) is 18.9. The molecule has 1 saturated heterocycles. The summed E-state index contributed by atoms with van der Waals surface area (Å²) in [4.78, 5) is 55.4. The summed E-state index contributed by atoms with van der Waals surface area (Å²) in [5.74, 6) is -0.886. The van der Waals surface area contributed by atoms with Crippen LogP contribution >= 0.6 is 0 Å². The fourth-order valence-electron chi connectivity index (χ4n) is 6.08. The molecule has 0 saturated carbocycles. The first-order valence-corrected chi connectivity index (χ1v) is 21.9. The average molecular weight is 722 g/mol. The third-order valence-electron chi connectivity index (χ3n) is 10.7. The second-order valence-electron chi connectivity index (χ2n) is 15.7. The monoisotopic (exact) mass is 721 g/mol. The zero-order valence-electron chi connectivity index (χ0n) is 32.3. The minimum absolute atomic E-state index is 0.110. The van der Waals surface area contributed by atoms with Crippen molar-refractivity contribution in [3.63, 3.8) is 0 Å². The van der Waals surface area contributed by atoms with Gasteiger partial charge in [-0.3, -0.25) is 14.4 Å². The van der Waals surface area contributed by atoms with Gasteiger partial charge in [-0.05, 0) is 60.9 Å². The predicted molar refractivity (Wildman–Crippen MR) is 206 cm³/mol. The van der Waals surface area contributed by atoms with Crippen molar-refractivity contribution in [2.45, 2.75) is 129 Å². The number of likely N-dealkylation sites (tertiary alicyclic amines) is 1. The quantitative estimate of drug-likeness (QED) is 0.122. The van der Waals surface area contributed by atoms with Gasteiger partial charge in [0.2, 0.25) is 11.8 Å². The van der Waals surface area contributed by atoms with Crippen molar-refractivity contribution in [2.24, 2.45) is 11.8 Å². The zero-order valence-corrected chi connectivity index (χ0v) is 33.3. The number of alkyl carbamates (subject to hydrolysis) is 1. The Bertz CT molecular complexity index is 1390. The van der Waals surface area contributed by atoms with Crippen molar-refractivity contribution in [1.29, 1.82) is 0 Å². The number of Topliss-reactive ketones (excluding diaryl/α,β-unsaturated/α-hetero) is 1. The van der Waals surface area contributed by atoms with Gasteiger partial charge in [0.05, 0.1) is 18.8 Å². The zero-order chi connectivity index (χ0) is 37.6. The highest BCUT2D eigenvalue weighted by Crippen LogP contribution is 2.39. The summed E-state index contributed by atoms with van der Waals surface area (Å²) in [5.41, 5.74) is 2.03. The first kappa shape index (κ1) is 41.9. The molecule has 0 aliphatic carbocycles. The van der Waals surface area contributed by atoms with Crippen LogP contribution in [0.4, 0.5) is 4.79 Å². The van der Waals surface area contributed by atoms with E-state index in [0.717, 1.165) is 24.0 Å². The number of ether oxygens (including phenoxy) is 1. The Balaban J connectivity index is 2.04. The van der Waals surface area contributed by atoms with E-state index >= 15 is 0 Å². The predicted octanol–water partition coefficient (Wildman–Crippen LogP) is 7.49. The number of carbonyl (C=O) groups is 4. The molecule has 1 fully saturated rings. The third-order valence-corrected chi connectivity index (χ3v) is 15.2. The molecular weight excluding hydrogens is 659 g/mol. The number of hydrogen-bond donors (Lipinski definition) is 2. The van der Waals surface area contributed by atoms with Gasteiger partial charge >= 0.3 is 6.09 Å². The van der Waals surface area contributed by atoms with E-state index in [1.165, 1.54) is 0 Å². The van der Waals surface area contributed by atoms with Crippen LogP contribution in [0.1, 0.15) is 91.2 Å². The Morgan fingerprint density at radius 3 is 1.98 bits per heavy atom. The lowest BCUT2D eigenvalue weighted by molar-refractivity contribution is -0.141. The van der Waals surface area contributed by atoms with Crippen LogP contribution in [-0.4, -0.2) is 74.8 Å². The Morgan fingerprint density at radius 1 is 0.882 bits per heavy atom. The van der Waals surface area contributed by atoms with Gasteiger partial charge in [-0.2, -0.15) is 0 Å². The smallest absolute Gasteiger partial charge is 0.407 e. The number of rotatable bonds is 18. The molecule has 0 aromatic heterocycles. The Labute approximate surface area is 307 Å². The maximum atomic E-state index is 14.6. The average Bonchev–Trinajstić information content (AvgIpc) is 3.09. The van der Waals surface area contributed by atoms with Crippen molar-refractivity contribution in [1.82, 2.24) is 15.5 Å². The highest BCUT2D eigenvalue weighted by atomic mass is 28.4. The van der Waals surface area contributed by atoms with Crippen LogP contribution in [0.5, 0.6) is 0 Å². The molecule has 1 heterocycles. The van der Waals surface area contributed by atoms with Gasteiger partial charge in [-0.1, -0.05) is 115 Å². The number of nitrogens with one attached hydrogen (secondary N) is 2. The molecule has 5 atom stereocenters. The van der Waals surface area contributed by atoms with Gasteiger partial charge in [0.1, 0.15) is 11.8 Å². The molecule has 0 radical (unpaired) electrons. The molecule has 3 rings (SSSR count). The number of nitrogens with zero attached hydrogens (tertiary/aromatic N) is 1. The number of hydrogen-bond acceptors (Lipinski definition) is 6. The highest BCUT2D eigenvalue weighted by molar-refractivity contribution is 6.74. The minimum atomic E-state index is -2.44. The van der Waals surface area contributed by atoms with Crippen LogP contribution < -0.4 is 10.6 Å². The fraction of sp³-hybridized carbons (Fsp3) is 0.610. The molecule has 2 N–H and O–H groups in total. The van der Waals surface area contributed by atoms with Gasteiger partial charge in [-0.15, -0.1) is 0 Å². The maximum Gasteiger partial charge on any atom is 0.407 e. The molecule has 0 unspecified atom stereocenters. The number of piperidine rings is 1. The Morgan fingerprint density at radius 2 is 1.45 bits per heavy atom. The van der Waals surface area contributed by atoms with E-state index in [-0.39, 0.29) is 28.6 Å². The van der Waals surface area contributed by atoms with Gasteiger partial charge in [-0.25, -0.2) is 4.79 Å². The third kappa shape index (κ3) is 13.2. The number of ketones is 1. The molecule has 2 aromatic rings. The van der Waals surface area contributed by atoms with Crippen molar-refractivity contribution < 1.29 is 28.3 Å². The first-order chi connectivity index (χ1) is 24.1. The summed E-state index contributed by atoms with van der Waals surface area (Å²) in [7, 11) is -2.44. The molecule has 2 aromatic carbocycles. The Kier molecular flexibility index (Phi) is 16.4. The molecule has 1 aliphatic rings. The van der Waals surface area contributed by atoms with Crippen LogP contribution in [0.2, 0.25) is 18.1 Å². The summed E-state index contributed by atoms with van der Waals surface area (Å²) < 4.78 is 12.8. The molecule has 282 valence electrons. The summed E-state index contributed by atoms with van der Waals surface area (Å²) in [6, 6.07) is 18.7. The molecule has 51 heavy (non-hydrogen) atoms. The molecule has 3 amide bonds. The van der Waals surface area contributed by atoms with Crippen LogP contribution in [0.25, 0.3) is 0 Å². The molecular formula is C41H63N3O6Si. The van der Waals surface area contributed by atoms with Crippen molar-refractivity contribution in [2.75, 3.05) is 19.7 Å². The number of unbranched alkanes of at least 4 members (excludes halogenated alkanes) is 1. The molecule has 9 nitrogen and oxygen atoms in total. The van der Waals surface area contributed by atoms with Crippen LogP contribution in [-0.2, 0) is 36.4 Å². The SMILES string of the molecule is CCCCOC(=O)N[C@@H](Cc1ccccc1)[C@@H](C[C@H](Cc1ccccc1)C(=O)N[C@H](C(=O)N1CCC(=O)CC1)[C@@H](C)CC)O[Si](C)(C)C(C)(C)C. The lowest BCUT2D eigenvalue weighted by atomic mass is 9.88. The minimum Gasteiger partial charge on any atom is -0.450 e. The largest absolute Gasteiger partial charge is 0.450 e. The molecule has 1 aliphatic heterocycles. The fourth-order valence-corrected chi connectivity index (χ4v) is 7.46. The lowest BCUT2D eigenvalue weighted by Gasteiger charge is -2.42. The van der Waals surface area contributed by atoms with Gasteiger partial charge in [0, 0.05) is 31.8 Å². The number of benzene rings is 2. The van der Waals surface area contributed by atoms with Crippen molar-refractivity contribution in [3.05, 3.63) is 71.8 Å². The summed E-state index contributed by atoms with van der Waals surface area (Å²) in [6.45, 7) is 18.0. The summed E-state index contributed by atoms with van der Waals surface area (Å²) >= 11 is 0. The molecule has 0 bridgehead atoms. The lowest BCUT2D eigenvalue weighted by Crippen LogP contribution is -2.56. The highest BCUT2D eigenvalue weighted by Gasteiger charge is 2.43. The van der Waals surface area contributed by atoms with E-state index in [0.29, 0.717) is 58.2 Å². The van der Waals surface area contributed by atoms with E-state index in [1.54, 1.807) is 4.90 Å². The van der Waals surface area contributed by atoms with E-state index in [9.17, 15) is 19.2 Å². The molecule has 10 heteroatoms.